The fourth-order valence-electron chi connectivity index (χ4n) is 1.73. The van der Waals surface area contributed by atoms with E-state index in [1.54, 1.807) is 0 Å². The Morgan fingerprint density at radius 1 is 1.25 bits per heavy atom. The summed E-state index contributed by atoms with van der Waals surface area (Å²) in [4.78, 5) is 33.7. The zero-order valence-corrected chi connectivity index (χ0v) is 12.1. The van der Waals surface area contributed by atoms with E-state index in [9.17, 15) is 14.4 Å². The van der Waals surface area contributed by atoms with Gasteiger partial charge < -0.3 is 20.9 Å². The first kappa shape index (κ1) is 18.4. The fraction of sp³-hybridized carbons (Fsp3) is 0.769. The van der Waals surface area contributed by atoms with Crippen LogP contribution in [0.2, 0.25) is 0 Å². The zero-order chi connectivity index (χ0) is 15.5. The highest BCUT2D eigenvalue weighted by Gasteiger charge is 2.25. The van der Waals surface area contributed by atoms with Crippen LogP contribution in [0.25, 0.3) is 0 Å². The van der Waals surface area contributed by atoms with Gasteiger partial charge in [0.25, 0.3) is 0 Å². The molecular weight excluding hydrogens is 264 g/mol. The summed E-state index contributed by atoms with van der Waals surface area (Å²) >= 11 is 0. The number of nitrogens with two attached hydrogens (primary N) is 1. The molecule has 20 heavy (non-hydrogen) atoms. The highest BCUT2D eigenvalue weighted by Crippen LogP contribution is 2.07. The van der Waals surface area contributed by atoms with E-state index in [0.717, 1.165) is 25.7 Å². The van der Waals surface area contributed by atoms with Crippen LogP contribution in [0.4, 0.5) is 0 Å². The number of methoxy groups -OCH3 is 1. The van der Waals surface area contributed by atoms with E-state index < -0.39 is 36.4 Å². The van der Waals surface area contributed by atoms with Gasteiger partial charge >= 0.3 is 11.9 Å². The average molecular weight is 288 g/mol. The van der Waals surface area contributed by atoms with Crippen molar-refractivity contribution in [1.82, 2.24) is 5.32 Å². The molecule has 0 radical (unpaired) electrons. The Morgan fingerprint density at radius 2 is 1.90 bits per heavy atom. The predicted molar refractivity (Wildman–Crippen MR) is 72.9 cm³/mol. The molecule has 0 aromatic heterocycles. The van der Waals surface area contributed by atoms with Gasteiger partial charge in [-0.15, -0.1) is 0 Å². The molecule has 0 spiro atoms. The number of ether oxygens (including phenoxy) is 1. The van der Waals surface area contributed by atoms with Gasteiger partial charge in [-0.25, -0.2) is 4.79 Å². The summed E-state index contributed by atoms with van der Waals surface area (Å²) in [5, 5.41) is 11.0. The van der Waals surface area contributed by atoms with Crippen molar-refractivity contribution in [2.24, 2.45) is 5.73 Å². The van der Waals surface area contributed by atoms with Gasteiger partial charge in [0.1, 0.15) is 6.04 Å². The van der Waals surface area contributed by atoms with Gasteiger partial charge in [0.15, 0.2) is 0 Å². The maximum Gasteiger partial charge on any atom is 0.328 e. The molecule has 0 aliphatic carbocycles. The maximum atomic E-state index is 11.7. The highest BCUT2D eigenvalue weighted by molar-refractivity contribution is 5.89. The van der Waals surface area contributed by atoms with E-state index in [1.807, 2.05) is 0 Å². The highest BCUT2D eigenvalue weighted by atomic mass is 16.5. The van der Waals surface area contributed by atoms with Gasteiger partial charge in [-0.05, 0) is 6.42 Å². The molecule has 1 amide bonds. The number of rotatable bonds is 10. The van der Waals surface area contributed by atoms with Gasteiger partial charge in [-0.1, -0.05) is 32.6 Å². The summed E-state index contributed by atoms with van der Waals surface area (Å²) < 4.78 is 4.62. The number of hydrogen-bond donors (Lipinski definition) is 3. The van der Waals surface area contributed by atoms with Gasteiger partial charge in [0, 0.05) is 0 Å². The van der Waals surface area contributed by atoms with Crippen molar-refractivity contribution in [2.45, 2.75) is 57.5 Å². The Hall–Kier alpha value is -1.63. The number of carboxylic acid groups (broad SMARTS) is 1. The quantitative estimate of drug-likeness (QED) is 0.396. The Kier molecular flexibility index (Phi) is 9.36. The third-order valence-corrected chi connectivity index (χ3v) is 2.88. The van der Waals surface area contributed by atoms with E-state index in [-0.39, 0.29) is 0 Å². The van der Waals surface area contributed by atoms with Gasteiger partial charge in [-0.2, -0.15) is 0 Å². The van der Waals surface area contributed by atoms with Crippen molar-refractivity contribution in [1.29, 1.82) is 0 Å². The second-order valence-electron chi connectivity index (χ2n) is 4.64. The summed E-state index contributed by atoms with van der Waals surface area (Å²) in [6.45, 7) is 2.07. The van der Waals surface area contributed by atoms with Crippen LogP contribution in [0.5, 0.6) is 0 Å². The molecule has 0 unspecified atom stereocenters. The lowest BCUT2D eigenvalue weighted by atomic mass is 10.1. The Bertz CT molecular complexity index is 333. The maximum absolute atomic E-state index is 11.7. The van der Waals surface area contributed by atoms with Crippen molar-refractivity contribution >= 4 is 17.8 Å². The van der Waals surface area contributed by atoms with E-state index >= 15 is 0 Å². The van der Waals surface area contributed by atoms with Crippen LogP contribution in [0.3, 0.4) is 0 Å². The van der Waals surface area contributed by atoms with Gasteiger partial charge in [-0.3, -0.25) is 9.59 Å². The van der Waals surface area contributed by atoms with Crippen LogP contribution in [-0.2, 0) is 19.1 Å². The molecule has 116 valence electrons. The Balaban J connectivity index is 4.37. The summed E-state index contributed by atoms with van der Waals surface area (Å²) in [6, 6.07) is -1.94. The third kappa shape index (κ3) is 7.73. The first-order valence-corrected chi connectivity index (χ1v) is 6.77. The minimum absolute atomic E-state index is 0.457. The molecule has 0 aliphatic heterocycles. The summed E-state index contributed by atoms with van der Waals surface area (Å²) in [5.41, 5.74) is 5.44. The molecule has 0 saturated carbocycles. The number of unbranched alkanes of at least 4 members (excludes halogenated alkanes) is 3. The molecule has 0 aromatic rings. The lowest BCUT2D eigenvalue weighted by Gasteiger charge is -2.18. The second kappa shape index (κ2) is 10.2. The van der Waals surface area contributed by atoms with Crippen molar-refractivity contribution in [2.75, 3.05) is 7.11 Å². The lowest BCUT2D eigenvalue weighted by molar-refractivity contribution is -0.145. The number of esters is 1. The molecule has 0 aliphatic rings. The summed E-state index contributed by atoms with van der Waals surface area (Å²) in [6.07, 6.45) is 3.84. The first-order valence-electron chi connectivity index (χ1n) is 6.77. The minimum Gasteiger partial charge on any atom is -0.481 e. The topological polar surface area (TPSA) is 119 Å². The second-order valence-corrected chi connectivity index (χ2v) is 4.64. The van der Waals surface area contributed by atoms with Crippen LogP contribution in [0.15, 0.2) is 0 Å². The van der Waals surface area contributed by atoms with Gasteiger partial charge in [0.05, 0.1) is 19.6 Å². The van der Waals surface area contributed by atoms with E-state index in [1.165, 1.54) is 7.11 Å². The number of carbonyl (C=O) groups is 3. The number of hydrogen-bond acceptors (Lipinski definition) is 5. The minimum atomic E-state index is -1.17. The number of amides is 1. The Morgan fingerprint density at radius 3 is 2.40 bits per heavy atom. The van der Waals surface area contributed by atoms with Gasteiger partial charge in [0.2, 0.25) is 5.91 Å². The molecule has 7 heteroatoms. The normalized spacial score (nSPS) is 13.3. The molecular formula is C13H24N2O5. The van der Waals surface area contributed by atoms with Crippen molar-refractivity contribution in [3.05, 3.63) is 0 Å². The number of carbonyl (C=O) groups excluding carboxylic acids is 2. The number of aliphatic carboxylic acids is 1. The molecule has 0 saturated heterocycles. The summed E-state index contributed by atoms with van der Waals surface area (Å²) in [5.74, 6) is -2.36. The smallest absolute Gasteiger partial charge is 0.328 e. The largest absolute Gasteiger partial charge is 0.481 e. The molecule has 0 rings (SSSR count). The first-order chi connectivity index (χ1) is 9.42. The fourth-order valence-corrected chi connectivity index (χ4v) is 1.73. The van der Waals surface area contributed by atoms with Crippen molar-refractivity contribution in [3.8, 4) is 0 Å². The SMILES string of the molecule is CCCCCC[C@H](NC(=O)[C@H](N)CC(=O)O)C(=O)OC. The monoisotopic (exact) mass is 288 g/mol. The van der Waals surface area contributed by atoms with Crippen LogP contribution in [0, 0.1) is 0 Å². The van der Waals surface area contributed by atoms with E-state index in [4.69, 9.17) is 10.8 Å². The van der Waals surface area contributed by atoms with E-state index in [2.05, 4.69) is 17.0 Å². The molecule has 0 heterocycles. The lowest BCUT2D eigenvalue weighted by Crippen LogP contribution is -2.49. The Labute approximate surface area is 118 Å². The molecule has 0 bridgehead atoms. The summed E-state index contributed by atoms with van der Waals surface area (Å²) in [7, 11) is 1.24. The van der Waals surface area contributed by atoms with Crippen molar-refractivity contribution < 1.29 is 24.2 Å². The molecule has 7 nitrogen and oxygen atoms in total. The molecule has 0 fully saturated rings. The molecule has 0 aromatic carbocycles. The van der Waals surface area contributed by atoms with Crippen LogP contribution < -0.4 is 11.1 Å². The van der Waals surface area contributed by atoms with Crippen LogP contribution in [-0.4, -0.2) is 42.1 Å². The molecule has 4 N–H and O–H groups in total. The predicted octanol–water partition coefficient (Wildman–Crippen LogP) is 0.417. The van der Waals surface area contributed by atoms with Crippen molar-refractivity contribution in [3.63, 3.8) is 0 Å². The number of nitrogens with one attached hydrogen (secondary N) is 1. The van der Waals surface area contributed by atoms with E-state index in [0.29, 0.717) is 6.42 Å². The van der Waals surface area contributed by atoms with Crippen LogP contribution in [0.1, 0.15) is 45.4 Å². The zero-order valence-electron chi connectivity index (χ0n) is 12.1. The average Bonchev–Trinajstić information content (AvgIpc) is 2.40. The molecule has 2 atom stereocenters. The number of carboxylic acids is 1. The standard InChI is InChI=1S/C13H24N2O5/c1-3-4-5-6-7-10(13(19)20-2)15-12(18)9(14)8-11(16)17/h9-10H,3-8,14H2,1-2H3,(H,15,18)(H,16,17)/t9-,10+/m1/s1. The third-order valence-electron chi connectivity index (χ3n) is 2.88. The van der Waals surface area contributed by atoms with Crippen LogP contribution >= 0.6 is 0 Å².